The lowest BCUT2D eigenvalue weighted by Gasteiger charge is -2.28. The second-order valence-electron chi connectivity index (χ2n) is 7.95. The fourth-order valence-electron chi connectivity index (χ4n) is 3.83. The quantitative estimate of drug-likeness (QED) is 0.667. The van der Waals surface area contributed by atoms with E-state index in [1.807, 2.05) is 42.9 Å². The number of aromatic nitrogens is 2. The number of amides is 1. The van der Waals surface area contributed by atoms with Gasteiger partial charge in [0.25, 0.3) is 5.91 Å². The Morgan fingerprint density at radius 1 is 1.32 bits per heavy atom. The van der Waals surface area contributed by atoms with Crippen molar-refractivity contribution in [3.63, 3.8) is 0 Å². The number of aryl methyl sites for hydroxylation is 1. The molecule has 0 unspecified atom stereocenters. The van der Waals surface area contributed by atoms with Gasteiger partial charge in [0.1, 0.15) is 5.82 Å². The summed E-state index contributed by atoms with van der Waals surface area (Å²) >= 11 is 0. The molecular weight excluding hydrogens is 352 g/mol. The van der Waals surface area contributed by atoms with Crippen molar-refractivity contribution in [2.45, 2.75) is 45.2 Å². The molecule has 1 saturated carbocycles. The zero-order chi connectivity index (χ0) is 20.3. The molecule has 1 aliphatic rings. The smallest absolute Gasteiger partial charge is 0.253 e. The minimum Gasteiger partial charge on any atom is -0.397 e. The Hall–Kier alpha value is -2.70. The van der Waals surface area contributed by atoms with E-state index in [1.165, 1.54) is 0 Å². The van der Waals surface area contributed by atoms with Crippen molar-refractivity contribution in [1.29, 1.82) is 0 Å². The fraction of sp³-hybridized carbons (Fsp3) is 0.524. The second-order valence-corrected chi connectivity index (χ2v) is 7.95. The Morgan fingerprint density at radius 2 is 2.04 bits per heavy atom. The summed E-state index contributed by atoms with van der Waals surface area (Å²) in [6.07, 6.45) is 8.10. The van der Waals surface area contributed by atoms with E-state index in [2.05, 4.69) is 22.5 Å². The lowest BCUT2D eigenvalue weighted by atomic mass is 9.87. The molecule has 28 heavy (non-hydrogen) atoms. The maximum atomic E-state index is 13.1. The molecule has 0 atom stereocenters. The lowest BCUT2D eigenvalue weighted by Crippen LogP contribution is -2.38. The van der Waals surface area contributed by atoms with Gasteiger partial charge in [-0.25, -0.2) is 4.98 Å². The normalized spacial score (nSPS) is 19.3. The summed E-state index contributed by atoms with van der Waals surface area (Å²) in [4.78, 5) is 19.5. The van der Waals surface area contributed by atoms with Crippen molar-refractivity contribution >= 4 is 23.0 Å². The van der Waals surface area contributed by atoms with Crippen LogP contribution in [-0.4, -0.2) is 35.6 Å². The minimum absolute atomic E-state index is 0.0596. The van der Waals surface area contributed by atoms with Crippen LogP contribution in [0.2, 0.25) is 0 Å². The molecule has 0 saturated heterocycles. The number of hydrogen-bond donors (Lipinski definition) is 3. The number of carbonyl (C=O) groups excluding carboxylic acids is 1. The molecule has 7 nitrogen and oxygen atoms in total. The average Bonchev–Trinajstić information content (AvgIpc) is 3.07. The standard InChI is InChI=1S/C21H32N6O/c1-14-5-7-15(8-6-14)25-21(28)16-11-17(22)18(23-2)12-19(16)27(4)13-20-24-9-10-26(20)3/h9-12,14-15,23H,5-8,13,22H2,1-4H3,(H,25,28)/t14-,15-. The summed E-state index contributed by atoms with van der Waals surface area (Å²) in [6.45, 7) is 2.87. The Morgan fingerprint density at radius 3 is 2.64 bits per heavy atom. The molecule has 152 valence electrons. The summed E-state index contributed by atoms with van der Waals surface area (Å²) in [7, 11) is 5.77. The first-order valence-corrected chi connectivity index (χ1v) is 9.98. The van der Waals surface area contributed by atoms with E-state index in [1.54, 1.807) is 12.3 Å². The van der Waals surface area contributed by atoms with E-state index in [4.69, 9.17) is 5.73 Å². The maximum Gasteiger partial charge on any atom is 0.253 e. The van der Waals surface area contributed by atoms with Crippen molar-refractivity contribution in [3.8, 4) is 0 Å². The molecule has 2 aromatic rings. The zero-order valence-corrected chi connectivity index (χ0v) is 17.3. The first-order chi connectivity index (χ1) is 13.4. The molecule has 0 radical (unpaired) electrons. The van der Waals surface area contributed by atoms with Crippen LogP contribution in [-0.2, 0) is 13.6 Å². The number of nitrogens with two attached hydrogens (primary N) is 1. The highest BCUT2D eigenvalue weighted by molar-refractivity contribution is 6.02. The van der Waals surface area contributed by atoms with Gasteiger partial charge in [-0.1, -0.05) is 6.92 Å². The Labute approximate surface area is 167 Å². The van der Waals surface area contributed by atoms with Gasteiger partial charge in [-0.15, -0.1) is 0 Å². The van der Waals surface area contributed by atoms with Crippen molar-refractivity contribution in [1.82, 2.24) is 14.9 Å². The molecule has 1 aliphatic carbocycles. The van der Waals surface area contributed by atoms with Gasteiger partial charge >= 0.3 is 0 Å². The topological polar surface area (TPSA) is 88.2 Å². The SMILES string of the molecule is CNc1cc(N(C)Cc2nccn2C)c(C(=O)N[C@H]2CC[C@H](C)CC2)cc1N. The van der Waals surface area contributed by atoms with Gasteiger partial charge in [0, 0.05) is 39.6 Å². The van der Waals surface area contributed by atoms with Gasteiger partial charge in [0.2, 0.25) is 0 Å². The zero-order valence-electron chi connectivity index (χ0n) is 17.3. The highest BCUT2D eigenvalue weighted by atomic mass is 16.1. The number of imidazole rings is 1. The average molecular weight is 385 g/mol. The van der Waals surface area contributed by atoms with Gasteiger partial charge in [0.05, 0.1) is 29.2 Å². The van der Waals surface area contributed by atoms with Crippen LogP contribution in [0.25, 0.3) is 0 Å². The van der Waals surface area contributed by atoms with Gasteiger partial charge < -0.3 is 25.8 Å². The van der Waals surface area contributed by atoms with Crippen molar-refractivity contribution in [2.75, 3.05) is 30.0 Å². The van der Waals surface area contributed by atoms with E-state index < -0.39 is 0 Å². The summed E-state index contributed by atoms with van der Waals surface area (Å²) in [5.74, 6) is 1.62. The summed E-state index contributed by atoms with van der Waals surface area (Å²) in [5.41, 5.74) is 8.99. The van der Waals surface area contributed by atoms with Crippen LogP contribution >= 0.6 is 0 Å². The van der Waals surface area contributed by atoms with E-state index in [-0.39, 0.29) is 11.9 Å². The number of anilines is 3. The molecule has 0 aliphatic heterocycles. The van der Waals surface area contributed by atoms with E-state index in [0.29, 0.717) is 17.8 Å². The van der Waals surface area contributed by atoms with Crippen molar-refractivity contribution in [2.24, 2.45) is 13.0 Å². The monoisotopic (exact) mass is 384 g/mol. The molecule has 1 aromatic heterocycles. The van der Waals surface area contributed by atoms with E-state index in [0.717, 1.165) is 48.8 Å². The van der Waals surface area contributed by atoms with Crippen LogP contribution in [0.3, 0.4) is 0 Å². The molecule has 1 aromatic carbocycles. The van der Waals surface area contributed by atoms with E-state index >= 15 is 0 Å². The molecule has 0 bridgehead atoms. The molecule has 1 amide bonds. The summed E-state index contributed by atoms with van der Waals surface area (Å²) in [6, 6.07) is 3.95. The summed E-state index contributed by atoms with van der Waals surface area (Å²) in [5, 5.41) is 6.33. The van der Waals surface area contributed by atoms with Gasteiger partial charge in [0.15, 0.2) is 0 Å². The number of benzene rings is 1. The molecule has 1 heterocycles. The molecule has 3 rings (SSSR count). The molecule has 0 spiro atoms. The number of nitrogen functional groups attached to an aromatic ring is 1. The minimum atomic E-state index is -0.0596. The molecule has 7 heteroatoms. The lowest BCUT2D eigenvalue weighted by molar-refractivity contribution is 0.0923. The molecular formula is C21H32N6O. The first kappa shape index (κ1) is 20.0. The number of hydrogen-bond acceptors (Lipinski definition) is 5. The Bertz CT molecular complexity index is 822. The number of nitrogens with zero attached hydrogens (tertiary/aromatic N) is 3. The van der Waals surface area contributed by atoms with Crippen LogP contribution in [0, 0.1) is 5.92 Å². The van der Waals surface area contributed by atoms with Crippen LogP contribution in [0.4, 0.5) is 17.1 Å². The van der Waals surface area contributed by atoms with Gasteiger partial charge in [-0.05, 0) is 43.7 Å². The largest absolute Gasteiger partial charge is 0.397 e. The fourth-order valence-corrected chi connectivity index (χ4v) is 3.83. The summed E-state index contributed by atoms with van der Waals surface area (Å²) < 4.78 is 1.98. The number of carbonyl (C=O) groups is 1. The van der Waals surface area contributed by atoms with Crippen LogP contribution in [0.5, 0.6) is 0 Å². The first-order valence-electron chi connectivity index (χ1n) is 9.98. The van der Waals surface area contributed by atoms with E-state index in [9.17, 15) is 4.79 Å². The number of rotatable bonds is 6. The highest BCUT2D eigenvalue weighted by Crippen LogP contribution is 2.31. The number of nitrogens with one attached hydrogen (secondary N) is 2. The van der Waals surface area contributed by atoms with Crippen LogP contribution < -0.4 is 21.3 Å². The second kappa shape index (κ2) is 8.54. The molecule has 4 N–H and O–H groups in total. The Balaban J connectivity index is 1.85. The predicted molar refractivity (Wildman–Crippen MR) is 115 cm³/mol. The van der Waals surface area contributed by atoms with Gasteiger partial charge in [-0.2, -0.15) is 0 Å². The van der Waals surface area contributed by atoms with Crippen LogP contribution in [0.1, 0.15) is 48.8 Å². The van der Waals surface area contributed by atoms with Crippen molar-refractivity contribution in [3.05, 3.63) is 35.9 Å². The molecule has 1 fully saturated rings. The third kappa shape index (κ3) is 4.40. The van der Waals surface area contributed by atoms with Crippen LogP contribution in [0.15, 0.2) is 24.5 Å². The highest BCUT2D eigenvalue weighted by Gasteiger charge is 2.23. The Kier molecular flexibility index (Phi) is 6.11. The van der Waals surface area contributed by atoms with Gasteiger partial charge in [-0.3, -0.25) is 4.79 Å². The van der Waals surface area contributed by atoms with Crippen molar-refractivity contribution < 1.29 is 4.79 Å². The third-order valence-electron chi connectivity index (χ3n) is 5.74. The third-order valence-corrected chi connectivity index (χ3v) is 5.74. The predicted octanol–water partition coefficient (Wildman–Crippen LogP) is 2.99. The maximum absolute atomic E-state index is 13.1.